The van der Waals surface area contributed by atoms with Gasteiger partial charge in [-0.1, -0.05) is 25.4 Å². The molecule has 1 N–H and O–H groups in total. The SMILES string of the molecule is CCCCN(CCO)Cc1noc(CCC)n1. The molecule has 0 spiro atoms. The summed E-state index contributed by atoms with van der Waals surface area (Å²) in [6, 6.07) is 0. The van der Waals surface area contributed by atoms with Crippen LogP contribution in [0.4, 0.5) is 0 Å². The summed E-state index contributed by atoms with van der Waals surface area (Å²) >= 11 is 0. The lowest BCUT2D eigenvalue weighted by Gasteiger charge is -2.18. The lowest BCUT2D eigenvalue weighted by Crippen LogP contribution is -2.28. The number of hydrogen-bond donors (Lipinski definition) is 1. The minimum Gasteiger partial charge on any atom is -0.395 e. The first-order chi connectivity index (χ1) is 8.30. The molecular weight excluding hydrogens is 218 g/mol. The number of hydrogen-bond acceptors (Lipinski definition) is 5. The predicted molar refractivity (Wildman–Crippen MR) is 65.6 cm³/mol. The lowest BCUT2D eigenvalue weighted by atomic mass is 10.3. The predicted octanol–water partition coefficient (Wildman–Crippen LogP) is 1.62. The molecule has 0 fully saturated rings. The van der Waals surface area contributed by atoms with Gasteiger partial charge in [0.1, 0.15) is 0 Å². The van der Waals surface area contributed by atoms with E-state index in [4.69, 9.17) is 9.63 Å². The molecule has 1 heterocycles. The van der Waals surface area contributed by atoms with Gasteiger partial charge in [0.2, 0.25) is 5.89 Å². The molecule has 98 valence electrons. The van der Waals surface area contributed by atoms with Gasteiger partial charge in [-0.3, -0.25) is 4.90 Å². The second kappa shape index (κ2) is 8.20. The molecule has 0 bridgehead atoms. The van der Waals surface area contributed by atoms with Gasteiger partial charge in [-0.2, -0.15) is 4.98 Å². The molecule has 0 radical (unpaired) electrons. The molecule has 0 aliphatic rings. The van der Waals surface area contributed by atoms with Crippen molar-refractivity contribution in [2.24, 2.45) is 0 Å². The normalized spacial score (nSPS) is 11.3. The molecule has 0 unspecified atom stereocenters. The van der Waals surface area contributed by atoms with Crippen molar-refractivity contribution >= 4 is 0 Å². The largest absolute Gasteiger partial charge is 0.395 e. The van der Waals surface area contributed by atoms with Crippen molar-refractivity contribution in [3.05, 3.63) is 11.7 Å². The Morgan fingerprint density at radius 1 is 1.24 bits per heavy atom. The fourth-order valence-corrected chi connectivity index (χ4v) is 1.66. The first-order valence-corrected chi connectivity index (χ1v) is 6.44. The van der Waals surface area contributed by atoms with E-state index in [0.29, 0.717) is 19.0 Å². The van der Waals surface area contributed by atoms with Crippen LogP contribution in [0.15, 0.2) is 4.52 Å². The van der Waals surface area contributed by atoms with Gasteiger partial charge in [0, 0.05) is 13.0 Å². The van der Waals surface area contributed by atoms with Crippen molar-refractivity contribution in [1.29, 1.82) is 0 Å². The molecule has 0 saturated carbocycles. The Morgan fingerprint density at radius 2 is 2.06 bits per heavy atom. The van der Waals surface area contributed by atoms with Crippen LogP contribution in [0.25, 0.3) is 0 Å². The maximum atomic E-state index is 9.00. The van der Waals surface area contributed by atoms with Crippen molar-refractivity contribution in [1.82, 2.24) is 15.0 Å². The summed E-state index contributed by atoms with van der Waals surface area (Å²) in [6.45, 7) is 6.71. The third-order valence-electron chi connectivity index (χ3n) is 2.58. The zero-order chi connectivity index (χ0) is 12.5. The minimum atomic E-state index is 0.170. The molecule has 5 heteroatoms. The molecule has 0 saturated heterocycles. The van der Waals surface area contributed by atoms with Crippen LogP contribution in [-0.2, 0) is 13.0 Å². The topological polar surface area (TPSA) is 62.4 Å². The highest BCUT2D eigenvalue weighted by molar-refractivity contribution is 4.86. The van der Waals surface area contributed by atoms with Crippen LogP contribution in [0, 0.1) is 0 Å². The van der Waals surface area contributed by atoms with Gasteiger partial charge < -0.3 is 9.63 Å². The number of aliphatic hydroxyl groups is 1. The summed E-state index contributed by atoms with van der Waals surface area (Å²) in [6.07, 6.45) is 4.12. The number of aliphatic hydroxyl groups excluding tert-OH is 1. The third kappa shape index (κ3) is 5.28. The Hall–Kier alpha value is -0.940. The molecule has 5 nitrogen and oxygen atoms in total. The van der Waals surface area contributed by atoms with Crippen LogP contribution in [-0.4, -0.2) is 39.8 Å². The van der Waals surface area contributed by atoms with Gasteiger partial charge in [-0.15, -0.1) is 0 Å². The fraction of sp³-hybridized carbons (Fsp3) is 0.833. The molecule has 1 rings (SSSR count). The Labute approximate surface area is 103 Å². The molecule has 0 aliphatic carbocycles. The van der Waals surface area contributed by atoms with E-state index in [9.17, 15) is 0 Å². The summed E-state index contributed by atoms with van der Waals surface area (Å²) in [4.78, 5) is 6.49. The van der Waals surface area contributed by atoms with Crippen molar-refractivity contribution < 1.29 is 9.63 Å². The molecule has 0 atom stereocenters. The summed E-state index contributed by atoms with van der Waals surface area (Å²) in [5.41, 5.74) is 0. The zero-order valence-electron chi connectivity index (χ0n) is 10.9. The molecule has 1 aromatic rings. The Bertz CT molecular complexity index is 302. The number of rotatable bonds is 9. The highest BCUT2D eigenvalue weighted by Gasteiger charge is 2.10. The fourth-order valence-electron chi connectivity index (χ4n) is 1.66. The van der Waals surface area contributed by atoms with Gasteiger partial charge in [0.15, 0.2) is 5.82 Å². The monoisotopic (exact) mass is 241 g/mol. The van der Waals surface area contributed by atoms with Crippen molar-refractivity contribution in [2.75, 3.05) is 19.7 Å². The average Bonchev–Trinajstić information content (AvgIpc) is 2.74. The molecule has 17 heavy (non-hydrogen) atoms. The van der Waals surface area contributed by atoms with E-state index in [-0.39, 0.29) is 6.61 Å². The lowest BCUT2D eigenvalue weighted by molar-refractivity contribution is 0.184. The van der Waals surface area contributed by atoms with Gasteiger partial charge >= 0.3 is 0 Å². The van der Waals surface area contributed by atoms with Gasteiger partial charge in [-0.25, -0.2) is 0 Å². The number of aryl methyl sites for hydroxylation is 1. The highest BCUT2D eigenvalue weighted by Crippen LogP contribution is 2.05. The smallest absolute Gasteiger partial charge is 0.226 e. The summed E-state index contributed by atoms with van der Waals surface area (Å²) in [5.74, 6) is 1.43. The zero-order valence-corrected chi connectivity index (χ0v) is 10.9. The van der Waals surface area contributed by atoms with Crippen LogP contribution in [0.3, 0.4) is 0 Å². The van der Waals surface area contributed by atoms with E-state index in [0.717, 1.165) is 38.1 Å². The summed E-state index contributed by atoms with van der Waals surface area (Å²) < 4.78 is 5.14. The molecule has 1 aromatic heterocycles. The standard InChI is InChI=1S/C12H23N3O2/c1-3-5-7-15(8-9-16)10-11-13-12(6-4-2)17-14-11/h16H,3-10H2,1-2H3. The van der Waals surface area contributed by atoms with E-state index in [1.165, 1.54) is 0 Å². The maximum Gasteiger partial charge on any atom is 0.226 e. The first-order valence-electron chi connectivity index (χ1n) is 6.44. The Morgan fingerprint density at radius 3 is 2.71 bits per heavy atom. The Balaban J connectivity index is 2.46. The third-order valence-corrected chi connectivity index (χ3v) is 2.58. The van der Waals surface area contributed by atoms with Gasteiger partial charge in [0.25, 0.3) is 0 Å². The van der Waals surface area contributed by atoms with Gasteiger partial charge in [-0.05, 0) is 19.4 Å². The maximum absolute atomic E-state index is 9.00. The van der Waals surface area contributed by atoms with E-state index in [1.807, 2.05) is 0 Å². The summed E-state index contributed by atoms with van der Waals surface area (Å²) in [5, 5.41) is 13.0. The quantitative estimate of drug-likeness (QED) is 0.711. The van der Waals surface area contributed by atoms with Crippen LogP contribution >= 0.6 is 0 Å². The van der Waals surface area contributed by atoms with E-state index >= 15 is 0 Å². The highest BCUT2D eigenvalue weighted by atomic mass is 16.5. The van der Waals surface area contributed by atoms with Crippen LogP contribution in [0.5, 0.6) is 0 Å². The van der Waals surface area contributed by atoms with Crippen molar-refractivity contribution in [2.45, 2.75) is 46.1 Å². The van der Waals surface area contributed by atoms with Crippen LogP contribution in [0.2, 0.25) is 0 Å². The second-order valence-corrected chi connectivity index (χ2v) is 4.21. The van der Waals surface area contributed by atoms with E-state index in [1.54, 1.807) is 0 Å². The summed E-state index contributed by atoms with van der Waals surface area (Å²) in [7, 11) is 0. The number of nitrogens with zero attached hydrogens (tertiary/aromatic N) is 3. The second-order valence-electron chi connectivity index (χ2n) is 4.21. The van der Waals surface area contributed by atoms with Crippen LogP contribution < -0.4 is 0 Å². The molecule has 0 amide bonds. The first kappa shape index (κ1) is 14.1. The Kier molecular flexibility index (Phi) is 6.81. The van der Waals surface area contributed by atoms with E-state index < -0.39 is 0 Å². The molecule has 0 aromatic carbocycles. The van der Waals surface area contributed by atoms with E-state index in [2.05, 4.69) is 28.9 Å². The number of aromatic nitrogens is 2. The number of unbranched alkanes of at least 4 members (excludes halogenated alkanes) is 1. The minimum absolute atomic E-state index is 0.170. The average molecular weight is 241 g/mol. The van der Waals surface area contributed by atoms with Crippen LogP contribution in [0.1, 0.15) is 44.8 Å². The van der Waals surface area contributed by atoms with Crippen molar-refractivity contribution in [3.8, 4) is 0 Å². The van der Waals surface area contributed by atoms with Crippen molar-refractivity contribution in [3.63, 3.8) is 0 Å². The molecular formula is C12H23N3O2. The van der Waals surface area contributed by atoms with Gasteiger partial charge in [0.05, 0.1) is 13.2 Å². The molecule has 0 aliphatic heterocycles.